The summed E-state index contributed by atoms with van der Waals surface area (Å²) in [5, 5.41) is 13.2. The van der Waals surface area contributed by atoms with Crippen LogP contribution in [0.4, 0.5) is 5.00 Å². The van der Waals surface area contributed by atoms with Crippen LogP contribution in [0.15, 0.2) is 43.0 Å². The first-order valence-corrected chi connectivity index (χ1v) is 11.5. The summed E-state index contributed by atoms with van der Waals surface area (Å²) in [7, 11) is 1.62. The van der Waals surface area contributed by atoms with Gasteiger partial charge in [-0.05, 0) is 35.6 Å². The highest BCUT2D eigenvalue weighted by Crippen LogP contribution is 2.37. The number of aromatic nitrogens is 2. The van der Waals surface area contributed by atoms with Crippen molar-refractivity contribution in [3.8, 4) is 11.8 Å². The van der Waals surface area contributed by atoms with Gasteiger partial charge in [-0.2, -0.15) is 5.26 Å². The van der Waals surface area contributed by atoms with Crippen molar-refractivity contribution in [1.82, 2.24) is 14.5 Å². The molecule has 3 aromatic rings. The molecule has 2 aromatic heterocycles. The van der Waals surface area contributed by atoms with Gasteiger partial charge in [0, 0.05) is 30.2 Å². The number of nitrogens with one attached hydrogen (secondary N) is 1. The molecule has 1 aliphatic heterocycles. The van der Waals surface area contributed by atoms with Gasteiger partial charge in [-0.3, -0.25) is 9.59 Å². The van der Waals surface area contributed by atoms with Crippen LogP contribution in [0.5, 0.6) is 5.75 Å². The maximum Gasteiger partial charge on any atom is 0.242 e. The smallest absolute Gasteiger partial charge is 0.242 e. The number of carbonyl (C=O) groups is 2. The number of rotatable bonds is 7. The average Bonchev–Trinajstić information content (AvgIpc) is 3.45. The number of nitriles is 1. The predicted molar refractivity (Wildman–Crippen MR) is 125 cm³/mol. The van der Waals surface area contributed by atoms with E-state index < -0.39 is 0 Å². The molecule has 0 saturated carbocycles. The van der Waals surface area contributed by atoms with E-state index in [2.05, 4.69) is 16.4 Å². The lowest BCUT2D eigenvalue weighted by atomic mass is 9.97. The Morgan fingerprint density at radius 2 is 2.24 bits per heavy atom. The molecule has 170 valence electrons. The second kappa shape index (κ2) is 9.88. The largest absolute Gasteiger partial charge is 0.497 e. The van der Waals surface area contributed by atoms with Crippen molar-refractivity contribution in [1.29, 1.82) is 5.26 Å². The highest BCUT2D eigenvalue weighted by molar-refractivity contribution is 7.16. The van der Waals surface area contributed by atoms with Gasteiger partial charge < -0.3 is 19.5 Å². The third-order valence-electron chi connectivity index (χ3n) is 5.81. The maximum atomic E-state index is 12.8. The fraction of sp³-hybridized carbons (Fsp3) is 0.333. The Bertz CT molecular complexity index is 1200. The molecule has 0 saturated heterocycles. The molecule has 0 unspecified atom stereocenters. The van der Waals surface area contributed by atoms with E-state index in [9.17, 15) is 14.9 Å². The second-order valence-corrected chi connectivity index (χ2v) is 9.16. The van der Waals surface area contributed by atoms with E-state index in [1.54, 1.807) is 35.3 Å². The summed E-state index contributed by atoms with van der Waals surface area (Å²) in [6, 6.07) is 9.93. The quantitative estimate of drug-likeness (QED) is 0.578. The Morgan fingerprint density at radius 3 is 2.97 bits per heavy atom. The number of imidazole rings is 1. The van der Waals surface area contributed by atoms with Crippen LogP contribution in [-0.2, 0) is 29.1 Å². The molecule has 0 aliphatic carbocycles. The van der Waals surface area contributed by atoms with Gasteiger partial charge in [0.15, 0.2) is 0 Å². The van der Waals surface area contributed by atoms with E-state index in [4.69, 9.17) is 4.74 Å². The fourth-order valence-corrected chi connectivity index (χ4v) is 5.21. The zero-order valence-corrected chi connectivity index (χ0v) is 19.4. The third kappa shape index (κ3) is 5.07. The number of anilines is 1. The molecule has 1 aliphatic rings. The summed E-state index contributed by atoms with van der Waals surface area (Å²) in [4.78, 5) is 32.1. The van der Waals surface area contributed by atoms with Gasteiger partial charge >= 0.3 is 0 Å². The summed E-state index contributed by atoms with van der Waals surface area (Å²) < 4.78 is 7.01. The summed E-state index contributed by atoms with van der Waals surface area (Å²) in [6.07, 6.45) is 5.90. The van der Waals surface area contributed by atoms with Crippen molar-refractivity contribution in [3.63, 3.8) is 0 Å². The minimum atomic E-state index is -0.145. The van der Waals surface area contributed by atoms with Gasteiger partial charge in [0.2, 0.25) is 11.8 Å². The standard InChI is InChI=1S/C24H25N5O3S/c1-16(17-4-3-5-18(11-17)32-2)10-22(30)27-24-20(12-25)19-6-8-29(13-21(19)33-24)23(31)14-28-9-7-26-15-28/h3-5,7,9,11,15-16H,6,8,10,13-14H2,1-2H3,(H,27,30)/t16-/m0/s1. The van der Waals surface area contributed by atoms with Gasteiger partial charge in [-0.25, -0.2) is 4.98 Å². The fourth-order valence-electron chi connectivity index (χ4n) is 3.98. The SMILES string of the molecule is COc1cccc([C@@H](C)CC(=O)Nc2sc3c(c2C#N)CCN(C(=O)Cn2ccnc2)C3)c1. The molecular weight excluding hydrogens is 438 g/mol. The molecule has 1 aromatic carbocycles. The van der Waals surface area contributed by atoms with E-state index in [-0.39, 0.29) is 30.7 Å². The minimum Gasteiger partial charge on any atom is -0.497 e. The molecule has 1 N–H and O–H groups in total. The van der Waals surface area contributed by atoms with Crippen LogP contribution in [0, 0.1) is 11.3 Å². The van der Waals surface area contributed by atoms with Gasteiger partial charge in [0.25, 0.3) is 0 Å². The molecule has 9 heteroatoms. The lowest BCUT2D eigenvalue weighted by Gasteiger charge is -2.27. The highest BCUT2D eigenvalue weighted by atomic mass is 32.1. The van der Waals surface area contributed by atoms with Crippen LogP contribution in [0.3, 0.4) is 0 Å². The van der Waals surface area contributed by atoms with E-state index in [0.29, 0.717) is 30.1 Å². The monoisotopic (exact) mass is 463 g/mol. The summed E-state index contributed by atoms with van der Waals surface area (Å²) in [5.74, 6) is 0.609. The van der Waals surface area contributed by atoms with Gasteiger partial charge in [0.1, 0.15) is 23.4 Å². The number of thiophene rings is 1. The van der Waals surface area contributed by atoms with Crippen molar-refractivity contribution in [2.45, 2.75) is 38.8 Å². The predicted octanol–water partition coefficient (Wildman–Crippen LogP) is 3.54. The molecule has 33 heavy (non-hydrogen) atoms. The summed E-state index contributed by atoms with van der Waals surface area (Å²) in [5.41, 5.74) is 2.46. The number of amides is 2. The number of benzene rings is 1. The lowest BCUT2D eigenvalue weighted by Crippen LogP contribution is -2.37. The zero-order chi connectivity index (χ0) is 23.4. The van der Waals surface area contributed by atoms with Gasteiger partial charge in [0.05, 0.1) is 25.5 Å². The summed E-state index contributed by atoms with van der Waals surface area (Å²) >= 11 is 1.39. The Morgan fingerprint density at radius 1 is 1.39 bits per heavy atom. The van der Waals surface area contributed by atoms with Crippen LogP contribution < -0.4 is 10.1 Å². The molecule has 1 atom stereocenters. The number of hydrogen-bond donors (Lipinski definition) is 1. The minimum absolute atomic E-state index is 0.00302. The molecule has 0 spiro atoms. The molecule has 4 rings (SSSR count). The maximum absolute atomic E-state index is 12.8. The number of ether oxygens (including phenoxy) is 1. The van der Waals surface area contributed by atoms with Crippen LogP contribution >= 0.6 is 11.3 Å². The molecule has 8 nitrogen and oxygen atoms in total. The number of fused-ring (bicyclic) bond motifs is 1. The molecule has 3 heterocycles. The molecule has 0 fully saturated rings. The first kappa shape index (κ1) is 22.6. The molecule has 2 amide bonds. The topological polar surface area (TPSA) is 100 Å². The van der Waals surface area contributed by atoms with Crippen molar-refractivity contribution >= 4 is 28.2 Å². The average molecular weight is 464 g/mol. The highest BCUT2D eigenvalue weighted by Gasteiger charge is 2.27. The number of methoxy groups -OCH3 is 1. The number of nitrogens with zero attached hydrogens (tertiary/aromatic N) is 4. The Labute approximate surface area is 196 Å². The van der Waals surface area contributed by atoms with Crippen LogP contribution in [0.1, 0.15) is 40.8 Å². The normalized spacial score (nSPS) is 13.7. The van der Waals surface area contributed by atoms with Gasteiger partial charge in [-0.15, -0.1) is 11.3 Å². The van der Waals surface area contributed by atoms with Crippen LogP contribution in [0.2, 0.25) is 0 Å². The Hall–Kier alpha value is -3.64. The third-order valence-corrected chi connectivity index (χ3v) is 6.94. The molecular formula is C24H25N5O3S. The van der Waals surface area contributed by atoms with E-state index >= 15 is 0 Å². The molecule has 0 radical (unpaired) electrons. The first-order chi connectivity index (χ1) is 16.0. The van der Waals surface area contributed by atoms with E-state index in [1.807, 2.05) is 31.2 Å². The van der Waals surface area contributed by atoms with E-state index in [0.717, 1.165) is 21.8 Å². The first-order valence-electron chi connectivity index (χ1n) is 10.7. The van der Waals surface area contributed by atoms with E-state index in [1.165, 1.54) is 11.3 Å². The van der Waals surface area contributed by atoms with Crippen molar-refractivity contribution in [2.24, 2.45) is 0 Å². The Kier molecular flexibility index (Phi) is 6.75. The number of hydrogen-bond acceptors (Lipinski definition) is 6. The van der Waals surface area contributed by atoms with Crippen LogP contribution in [0.25, 0.3) is 0 Å². The van der Waals surface area contributed by atoms with Crippen LogP contribution in [-0.4, -0.2) is 39.9 Å². The lowest BCUT2D eigenvalue weighted by molar-refractivity contribution is -0.132. The zero-order valence-electron chi connectivity index (χ0n) is 18.6. The summed E-state index contributed by atoms with van der Waals surface area (Å²) in [6.45, 7) is 3.21. The Balaban J connectivity index is 1.43. The van der Waals surface area contributed by atoms with Crippen molar-refractivity contribution < 1.29 is 14.3 Å². The van der Waals surface area contributed by atoms with Crippen molar-refractivity contribution in [2.75, 3.05) is 19.0 Å². The van der Waals surface area contributed by atoms with Gasteiger partial charge in [-0.1, -0.05) is 19.1 Å². The second-order valence-electron chi connectivity index (χ2n) is 8.05. The number of carbonyl (C=O) groups excluding carboxylic acids is 2. The molecule has 0 bridgehead atoms. The van der Waals surface area contributed by atoms with Crippen molar-refractivity contribution in [3.05, 3.63) is 64.6 Å².